The van der Waals surface area contributed by atoms with Crippen molar-refractivity contribution in [3.8, 4) is 5.75 Å². The Kier molecular flexibility index (Phi) is 7.23. The summed E-state index contributed by atoms with van der Waals surface area (Å²) in [6.07, 6.45) is 0. The summed E-state index contributed by atoms with van der Waals surface area (Å²) in [6.45, 7) is -1.56. The lowest BCUT2D eigenvalue weighted by molar-refractivity contribution is -0.148. The van der Waals surface area contributed by atoms with E-state index in [1.54, 1.807) is 35.2 Å². The summed E-state index contributed by atoms with van der Waals surface area (Å²) in [6, 6.07) is 12.2. The van der Waals surface area contributed by atoms with Crippen LogP contribution in [-0.2, 0) is 9.53 Å². The monoisotopic (exact) mass is 438 g/mol. The first-order valence-corrected chi connectivity index (χ1v) is 9.69. The molecule has 2 aromatic rings. The second-order valence-electron chi connectivity index (χ2n) is 6.68. The average Bonchev–Trinajstić information content (AvgIpc) is 2.75. The number of benzene rings is 2. The first-order chi connectivity index (χ1) is 14.4. The summed E-state index contributed by atoms with van der Waals surface area (Å²) in [4.78, 5) is 28.7. The lowest BCUT2D eigenvalue weighted by Gasteiger charge is -2.38. The zero-order valence-electron chi connectivity index (χ0n) is 16.3. The van der Waals surface area contributed by atoms with Gasteiger partial charge in [-0.3, -0.25) is 9.69 Å². The van der Waals surface area contributed by atoms with Crippen LogP contribution in [0.15, 0.2) is 48.5 Å². The number of piperazine rings is 1. The molecule has 1 fully saturated rings. The number of hydrogen-bond donors (Lipinski definition) is 0. The molecule has 0 unspecified atom stereocenters. The molecule has 0 aromatic heterocycles. The van der Waals surface area contributed by atoms with Gasteiger partial charge >= 0.3 is 12.6 Å². The summed E-state index contributed by atoms with van der Waals surface area (Å²) >= 11 is 5.94. The maximum Gasteiger partial charge on any atom is 0.387 e. The third kappa shape index (κ3) is 5.06. The number of amides is 1. The van der Waals surface area contributed by atoms with E-state index < -0.39 is 24.5 Å². The molecule has 9 heteroatoms. The molecule has 0 bridgehead atoms. The fourth-order valence-corrected chi connectivity index (χ4v) is 3.57. The minimum atomic E-state index is -3.02. The van der Waals surface area contributed by atoms with E-state index in [4.69, 9.17) is 16.3 Å². The molecule has 0 spiro atoms. The normalized spacial score (nSPS) is 15.7. The SMILES string of the molecule is COC(=O)[C@H](c1ccc(Cl)cc1)N1CCN(C(=O)c2ccccc2OC(F)F)CC1. The van der Waals surface area contributed by atoms with Gasteiger partial charge in [-0.15, -0.1) is 0 Å². The van der Waals surface area contributed by atoms with Gasteiger partial charge < -0.3 is 14.4 Å². The Bertz CT molecular complexity index is 887. The third-order valence-corrected chi connectivity index (χ3v) is 5.16. The highest BCUT2D eigenvalue weighted by Gasteiger charge is 2.33. The number of methoxy groups -OCH3 is 1. The summed E-state index contributed by atoms with van der Waals surface area (Å²) in [5, 5.41) is 0.558. The number of carbonyl (C=O) groups is 2. The third-order valence-electron chi connectivity index (χ3n) is 4.91. The van der Waals surface area contributed by atoms with Crippen molar-refractivity contribution in [2.45, 2.75) is 12.7 Å². The Hall–Kier alpha value is -2.71. The van der Waals surface area contributed by atoms with E-state index in [1.807, 2.05) is 4.90 Å². The fourth-order valence-electron chi connectivity index (χ4n) is 3.45. The van der Waals surface area contributed by atoms with Gasteiger partial charge in [0.15, 0.2) is 0 Å². The molecule has 0 radical (unpaired) electrons. The van der Waals surface area contributed by atoms with Gasteiger partial charge in [0, 0.05) is 31.2 Å². The van der Waals surface area contributed by atoms with E-state index in [9.17, 15) is 18.4 Å². The minimum Gasteiger partial charge on any atom is -0.468 e. The second kappa shape index (κ2) is 9.86. The predicted octanol–water partition coefficient (Wildman–Crippen LogP) is 3.61. The van der Waals surface area contributed by atoms with Gasteiger partial charge in [-0.1, -0.05) is 35.9 Å². The van der Waals surface area contributed by atoms with Gasteiger partial charge in [-0.25, -0.2) is 4.79 Å². The van der Waals surface area contributed by atoms with Crippen molar-refractivity contribution in [2.75, 3.05) is 33.3 Å². The van der Waals surface area contributed by atoms with Crippen molar-refractivity contribution < 1.29 is 27.8 Å². The molecule has 0 aliphatic carbocycles. The summed E-state index contributed by atoms with van der Waals surface area (Å²) < 4.78 is 34.7. The standard InChI is InChI=1S/C21H21ClF2N2O4/c1-29-20(28)18(14-6-8-15(22)9-7-14)25-10-12-26(13-11-25)19(27)16-4-2-3-5-17(16)30-21(23)24/h2-9,18,21H,10-13H2,1H3/t18-/m0/s1. The topological polar surface area (TPSA) is 59.1 Å². The summed E-state index contributed by atoms with van der Waals surface area (Å²) in [7, 11) is 1.32. The molecule has 1 aliphatic rings. The van der Waals surface area contributed by atoms with Crippen molar-refractivity contribution in [2.24, 2.45) is 0 Å². The quantitative estimate of drug-likeness (QED) is 0.645. The minimum absolute atomic E-state index is 0.0773. The molecule has 30 heavy (non-hydrogen) atoms. The number of esters is 1. The number of halogens is 3. The number of hydrogen-bond acceptors (Lipinski definition) is 5. The van der Waals surface area contributed by atoms with Crippen LogP contribution >= 0.6 is 11.6 Å². The lowest BCUT2D eigenvalue weighted by Crippen LogP contribution is -2.51. The van der Waals surface area contributed by atoms with E-state index >= 15 is 0 Å². The maximum atomic E-state index is 12.9. The first-order valence-electron chi connectivity index (χ1n) is 9.31. The van der Waals surface area contributed by atoms with Crippen LogP contribution in [0, 0.1) is 0 Å². The zero-order chi connectivity index (χ0) is 21.7. The van der Waals surface area contributed by atoms with E-state index in [0.29, 0.717) is 31.2 Å². The van der Waals surface area contributed by atoms with Crippen LogP contribution in [0.3, 0.4) is 0 Å². The molecule has 1 saturated heterocycles. The number of ether oxygens (including phenoxy) is 2. The molecule has 1 amide bonds. The van der Waals surface area contributed by atoms with Gasteiger partial charge in [-0.2, -0.15) is 8.78 Å². The molecule has 1 heterocycles. The smallest absolute Gasteiger partial charge is 0.387 e. The number of alkyl halides is 2. The van der Waals surface area contributed by atoms with Crippen LogP contribution in [0.25, 0.3) is 0 Å². The number of nitrogens with zero attached hydrogens (tertiary/aromatic N) is 2. The molecule has 2 aromatic carbocycles. The van der Waals surface area contributed by atoms with Crippen molar-refractivity contribution >= 4 is 23.5 Å². The van der Waals surface area contributed by atoms with Gasteiger partial charge in [0.25, 0.3) is 5.91 Å². The Labute approximate surface area is 177 Å². The highest BCUT2D eigenvalue weighted by Crippen LogP contribution is 2.27. The lowest BCUT2D eigenvalue weighted by atomic mass is 10.0. The van der Waals surface area contributed by atoms with Crippen LogP contribution < -0.4 is 4.74 Å². The Morgan fingerprint density at radius 2 is 1.63 bits per heavy atom. The molecule has 1 atom stereocenters. The fraction of sp³-hybridized carbons (Fsp3) is 0.333. The van der Waals surface area contributed by atoms with Gasteiger partial charge in [0.05, 0.1) is 12.7 Å². The second-order valence-corrected chi connectivity index (χ2v) is 7.12. The molecule has 0 saturated carbocycles. The van der Waals surface area contributed by atoms with Crippen LogP contribution in [0.5, 0.6) is 5.75 Å². The summed E-state index contributed by atoms with van der Waals surface area (Å²) in [5.41, 5.74) is 0.815. The highest BCUT2D eigenvalue weighted by atomic mass is 35.5. The molecule has 1 aliphatic heterocycles. The van der Waals surface area contributed by atoms with Crippen molar-refractivity contribution in [3.05, 3.63) is 64.7 Å². The van der Waals surface area contributed by atoms with E-state index in [-0.39, 0.29) is 11.3 Å². The van der Waals surface area contributed by atoms with Gasteiger partial charge in [0.1, 0.15) is 11.8 Å². The molecular formula is C21H21ClF2N2O4. The number of rotatable bonds is 6. The Morgan fingerprint density at radius 3 is 2.23 bits per heavy atom. The number of para-hydroxylation sites is 1. The van der Waals surface area contributed by atoms with E-state index in [1.165, 1.54) is 25.3 Å². The molecule has 160 valence electrons. The van der Waals surface area contributed by atoms with Crippen LogP contribution in [0.4, 0.5) is 8.78 Å². The summed E-state index contributed by atoms with van der Waals surface area (Å²) in [5.74, 6) is -0.965. The van der Waals surface area contributed by atoms with Crippen molar-refractivity contribution in [1.29, 1.82) is 0 Å². The van der Waals surface area contributed by atoms with Gasteiger partial charge in [-0.05, 0) is 29.8 Å². The van der Waals surface area contributed by atoms with Crippen LogP contribution in [0.2, 0.25) is 5.02 Å². The first kappa shape index (κ1) is 22.0. The largest absolute Gasteiger partial charge is 0.468 e. The van der Waals surface area contributed by atoms with E-state index in [0.717, 1.165) is 5.56 Å². The Morgan fingerprint density at radius 1 is 1.00 bits per heavy atom. The molecule has 3 rings (SSSR count). The predicted molar refractivity (Wildman–Crippen MR) is 107 cm³/mol. The van der Waals surface area contributed by atoms with Crippen LogP contribution in [-0.4, -0.2) is 61.6 Å². The average molecular weight is 439 g/mol. The van der Waals surface area contributed by atoms with Gasteiger partial charge in [0.2, 0.25) is 0 Å². The van der Waals surface area contributed by atoms with Crippen molar-refractivity contribution in [1.82, 2.24) is 9.80 Å². The van der Waals surface area contributed by atoms with Crippen molar-refractivity contribution in [3.63, 3.8) is 0 Å². The molecule has 6 nitrogen and oxygen atoms in total. The molecule has 0 N–H and O–H groups in total. The van der Waals surface area contributed by atoms with Crippen LogP contribution in [0.1, 0.15) is 22.0 Å². The zero-order valence-corrected chi connectivity index (χ0v) is 17.0. The Balaban J connectivity index is 1.72. The van der Waals surface area contributed by atoms with E-state index in [2.05, 4.69) is 4.74 Å². The highest BCUT2D eigenvalue weighted by molar-refractivity contribution is 6.30. The number of carbonyl (C=O) groups excluding carboxylic acids is 2. The maximum absolute atomic E-state index is 12.9. The molecular weight excluding hydrogens is 418 g/mol.